The summed E-state index contributed by atoms with van der Waals surface area (Å²) in [5, 5.41) is 7.05. The third-order valence-corrected chi connectivity index (χ3v) is 3.21. The van der Waals surface area contributed by atoms with Crippen LogP contribution in [0.25, 0.3) is 11.1 Å². The van der Waals surface area contributed by atoms with Crippen molar-refractivity contribution in [1.29, 1.82) is 0 Å². The molecule has 1 amide bonds. The van der Waals surface area contributed by atoms with Crippen LogP contribution in [0.5, 0.6) is 5.75 Å². The van der Waals surface area contributed by atoms with Gasteiger partial charge >= 0.3 is 0 Å². The number of hydrogen-bond donors (Lipinski definition) is 2. The number of nitrogens with zero attached hydrogens (tertiary/aromatic N) is 1. The first kappa shape index (κ1) is 11.7. The summed E-state index contributed by atoms with van der Waals surface area (Å²) in [4.78, 5) is 11.2. The number of fused-ring (bicyclic) bond motifs is 3. The highest BCUT2D eigenvalue weighted by Gasteiger charge is 2.26. The monoisotopic (exact) mass is 261 g/mol. The van der Waals surface area contributed by atoms with Crippen molar-refractivity contribution in [1.82, 2.24) is 10.2 Å². The Bertz CT molecular complexity index is 665. The summed E-state index contributed by atoms with van der Waals surface area (Å²) in [6, 6.07) is 2.64. The standard InChI is InChI=1S/C13H12FN3O2/c1-2-9-11-7-3-6(13(15)18)4-8(14)12(7)19-5-10(11)17-16-9/h3-4H,2,5H2,1H3,(H2,15,18)(H,16,17). The van der Waals surface area contributed by atoms with E-state index in [1.807, 2.05) is 6.92 Å². The zero-order valence-corrected chi connectivity index (χ0v) is 10.3. The normalized spacial score (nSPS) is 12.5. The average Bonchev–Trinajstić information content (AvgIpc) is 2.81. The summed E-state index contributed by atoms with van der Waals surface area (Å²) in [6.07, 6.45) is 0.702. The molecule has 0 saturated carbocycles. The maximum atomic E-state index is 14.0. The number of nitrogens with two attached hydrogens (primary N) is 1. The van der Waals surface area contributed by atoms with E-state index < -0.39 is 11.7 Å². The van der Waals surface area contributed by atoms with Crippen molar-refractivity contribution in [3.63, 3.8) is 0 Å². The van der Waals surface area contributed by atoms with Crippen molar-refractivity contribution in [2.75, 3.05) is 0 Å². The van der Waals surface area contributed by atoms with Crippen LogP contribution in [0, 0.1) is 5.82 Å². The number of halogens is 1. The SMILES string of the molecule is CCc1n[nH]c2c1-c1cc(C(N)=O)cc(F)c1OC2. The molecule has 19 heavy (non-hydrogen) atoms. The molecule has 3 rings (SSSR count). The molecule has 0 atom stereocenters. The van der Waals surface area contributed by atoms with Crippen molar-refractivity contribution in [3.05, 3.63) is 34.9 Å². The van der Waals surface area contributed by atoms with Gasteiger partial charge in [0.25, 0.3) is 0 Å². The number of rotatable bonds is 2. The number of aromatic nitrogens is 2. The Morgan fingerprint density at radius 2 is 2.37 bits per heavy atom. The number of benzene rings is 1. The number of carbonyl (C=O) groups is 1. The number of primary amides is 1. The fourth-order valence-electron chi connectivity index (χ4n) is 2.31. The first-order valence-electron chi connectivity index (χ1n) is 5.94. The van der Waals surface area contributed by atoms with Crippen molar-refractivity contribution in [3.8, 4) is 16.9 Å². The van der Waals surface area contributed by atoms with Crippen LogP contribution in [-0.2, 0) is 13.0 Å². The molecule has 1 aromatic heterocycles. The van der Waals surface area contributed by atoms with Crippen LogP contribution >= 0.6 is 0 Å². The Kier molecular flexibility index (Phi) is 2.51. The van der Waals surface area contributed by atoms with Crippen LogP contribution in [0.4, 0.5) is 4.39 Å². The summed E-state index contributed by atoms with van der Waals surface area (Å²) < 4.78 is 19.3. The molecule has 0 saturated heterocycles. The minimum absolute atomic E-state index is 0.121. The number of H-pyrrole nitrogens is 1. The average molecular weight is 261 g/mol. The van der Waals surface area contributed by atoms with E-state index in [-0.39, 0.29) is 17.9 Å². The van der Waals surface area contributed by atoms with E-state index in [2.05, 4.69) is 10.2 Å². The molecule has 2 heterocycles. The van der Waals surface area contributed by atoms with E-state index in [0.717, 1.165) is 23.0 Å². The van der Waals surface area contributed by atoms with Gasteiger partial charge in [0.05, 0.1) is 11.4 Å². The smallest absolute Gasteiger partial charge is 0.248 e. The van der Waals surface area contributed by atoms with Gasteiger partial charge < -0.3 is 10.5 Å². The third-order valence-electron chi connectivity index (χ3n) is 3.21. The van der Waals surface area contributed by atoms with Gasteiger partial charge in [0.1, 0.15) is 6.61 Å². The second kappa shape index (κ2) is 4.08. The number of aromatic amines is 1. The van der Waals surface area contributed by atoms with E-state index >= 15 is 0 Å². The van der Waals surface area contributed by atoms with Gasteiger partial charge in [-0.15, -0.1) is 0 Å². The Balaban J connectivity index is 2.29. The Labute approximate surface area is 108 Å². The van der Waals surface area contributed by atoms with Crippen LogP contribution in [-0.4, -0.2) is 16.1 Å². The molecule has 6 heteroatoms. The molecular weight excluding hydrogens is 249 g/mol. The molecule has 1 aliphatic rings. The van der Waals surface area contributed by atoms with E-state index in [0.29, 0.717) is 12.0 Å². The maximum Gasteiger partial charge on any atom is 0.248 e. The van der Waals surface area contributed by atoms with Gasteiger partial charge in [0.15, 0.2) is 11.6 Å². The van der Waals surface area contributed by atoms with Gasteiger partial charge in [0, 0.05) is 16.7 Å². The zero-order valence-electron chi connectivity index (χ0n) is 10.3. The molecule has 1 aromatic carbocycles. The lowest BCUT2D eigenvalue weighted by atomic mass is 9.96. The number of nitrogens with one attached hydrogen (secondary N) is 1. The van der Waals surface area contributed by atoms with Crippen molar-refractivity contribution in [2.24, 2.45) is 5.73 Å². The van der Waals surface area contributed by atoms with Gasteiger partial charge in [-0.05, 0) is 18.6 Å². The molecule has 98 valence electrons. The number of carbonyl (C=O) groups excluding carboxylic acids is 1. The Hall–Kier alpha value is -2.37. The summed E-state index contributed by atoms with van der Waals surface area (Å²) in [5.41, 5.74) is 8.28. The van der Waals surface area contributed by atoms with Crippen molar-refractivity contribution in [2.45, 2.75) is 20.0 Å². The lowest BCUT2D eigenvalue weighted by Crippen LogP contribution is -2.14. The number of aryl methyl sites for hydroxylation is 1. The summed E-state index contributed by atoms with van der Waals surface area (Å²) in [5.74, 6) is -1.11. The van der Waals surface area contributed by atoms with Gasteiger partial charge in [-0.3, -0.25) is 9.89 Å². The number of amides is 1. The summed E-state index contributed by atoms with van der Waals surface area (Å²) >= 11 is 0. The quantitative estimate of drug-likeness (QED) is 0.864. The summed E-state index contributed by atoms with van der Waals surface area (Å²) in [6.45, 7) is 2.20. The lowest BCUT2D eigenvalue weighted by Gasteiger charge is -2.19. The fourth-order valence-corrected chi connectivity index (χ4v) is 2.31. The number of hydrogen-bond acceptors (Lipinski definition) is 3. The Morgan fingerprint density at radius 3 is 3.05 bits per heavy atom. The molecule has 0 radical (unpaired) electrons. The second-order valence-corrected chi connectivity index (χ2v) is 4.37. The zero-order chi connectivity index (χ0) is 13.6. The van der Waals surface area contributed by atoms with Gasteiger partial charge in [-0.2, -0.15) is 5.10 Å². The maximum absolute atomic E-state index is 14.0. The molecule has 0 fully saturated rings. The highest BCUT2D eigenvalue weighted by atomic mass is 19.1. The van der Waals surface area contributed by atoms with E-state index in [4.69, 9.17) is 10.5 Å². The largest absolute Gasteiger partial charge is 0.484 e. The second-order valence-electron chi connectivity index (χ2n) is 4.37. The van der Waals surface area contributed by atoms with Crippen molar-refractivity contribution >= 4 is 5.91 Å². The number of ether oxygens (including phenoxy) is 1. The first-order chi connectivity index (χ1) is 9.11. The molecule has 0 spiro atoms. The molecule has 3 N–H and O–H groups in total. The minimum Gasteiger partial charge on any atom is -0.484 e. The predicted octanol–water partition coefficient (Wildman–Crippen LogP) is 1.77. The van der Waals surface area contributed by atoms with Crippen LogP contribution in [0.2, 0.25) is 0 Å². The summed E-state index contributed by atoms with van der Waals surface area (Å²) in [7, 11) is 0. The topological polar surface area (TPSA) is 81.0 Å². The van der Waals surface area contributed by atoms with Gasteiger partial charge in [0.2, 0.25) is 5.91 Å². The highest BCUT2D eigenvalue weighted by Crippen LogP contribution is 2.41. The van der Waals surface area contributed by atoms with Gasteiger partial charge in [-0.1, -0.05) is 6.92 Å². The molecule has 1 aliphatic heterocycles. The Morgan fingerprint density at radius 1 is 1.58 bits per heavy atom. The van der Waals surface area contributed by atoms with E-state index in [9.17, 15) is 9.18 Å². The first-order valence-corrected chi connectivity index (χ1v) is 5.94. The fraction of sp³-hybridized carbons (Fsp3) is 0.231. The van der Waals surface area contributed by atoms with Crippen LogP contribution < -0.4 is 10.5 Å². The highest BCUT2D eigenvalue weighted by molar-refractivity contribution is 5.95. The van der Waals surface area contributed by atoms with Crippen LogP contribution in [0.15, 0.2) is 12.1 Å². The van der Waals surface area contributed by atoms with E-state index in [1.54, 1.807) is 6.07 Å². The van der Waals surface area contributed by atoms with Gasteiger partial charge in [-0.25, -0.2) is 4.39 Å². The van der Waals surface area contributed by atoms with Crippen LogP contribution in [0.3, 0.4) is 0 Å². The van der Waals surface area contributed by atoms with Crippen molar-refractivity contribution < 1.29 is 13.9 Å². The molecule has 0 unspecified atom stereocenters. The molecule has 0 aliphatic carbocycles. The van der Waals surface area contributed by atoms with Crippen LogP contribution in [0.1, 0.15) is 28.7 Å². The third kappa shape index (κ3) is 1.68. The molecule has 0 bridgehead atoms. The van der Waals surface area contributed by atoms with E-state index in [1.165, 1.54) is 0 Å². The molecule has 2 aromatic rings. The molecule has 5 nitrogen and oxygen atoms in total. The lowest BCUT2D eigenvalue weighted by molar-refractivity contribution is 0.0999. The predicted molar refractivity (Wildman–Crippen MR) is 66.2 cm³/mol. The minimum atomic E-state index is -0.671. The molecular formula is C13H12FN3O2.